The average Bonchev–Trinajstić information content (AvgIpc) is 2.12. The molecule has 1 radical (unpaired) electrons. The van der Waals surface area contributed by atoms with Gasteiger partial charge in [0.05, 0.1) is 19.8 Å². The summed E-state index contributed by atoms with van der Waals surface area (Å²) in [4.78, 5) is 0. The van der Waals surface area contributed by atoms with E-state index in [-0.39, 0.29) is 66.7 Å². The maximum atomic E-state index is 9.45. The fourth-order valence-corrected chi connectivity index (χ4v) is 1.30. The van der Waals surface area contributed by atoms with Gasteiger partial charge in [0, 0.05) is 0 Å². The second-order valence-electron chi connectivity index (χ2n) is 2.44. The van der Waals surface area contributed by atoms with Crippen LogP contribution in [0.4, 0.5) is 0 Å². The molecule has 0 fully saturated rings. The molecule has 0 saturated carbocycles. The van der Waals surface area contributed by atoms with Crippen molar-refractivity contribution >= 4 is 31.2 Å². The second-order valence-corrected chi connectivity index (χ2v) is 5.60. The molecule has 0 rings (SSSR count). The van der Waals surface area contributed by atoms with Crippen molar-refractivity contribution in [1.82, 2.24) is 0 Å². The quantitative estimate of drug-likeness (QED) is 0.274. The summed E-state index contributed by atoms with van der Waals surface area (Å²) >= 11 is 0. The molecule has 0 N–H and O–H groups in total. The number of hydrogen-bond donors (Lipinski definition) is 0. The van der Waals surface area contributed by atoms with Crippen LogP contribution in [0.3, 0.4) is 0 Å². The summed E-state index contributed by atoms with van der Waals surface area (Å²) in [5.74, 6) is 0. The Bertz CT molecular complexity index is 455. The largest absolute Gasteiger partial charge is 3.00 e. The van der Waals surface area contributed by atoms with Crippen LogP contribution in [0.1, 0.15) is 20.8 Å². The van der Waals surface area contributed by atoms with E-state index in [1.807, 2.05) is 0 Å². The maximum absolute atomic E-state index is 9.45. The van der Waals surface area contributed by atoms with Gasteiger partial charge in [-0.3, -0.25) is 12.5 Å². The molecule has 0 aliphatic carbocycles. The van der Waals surface area contributed by atoms with Gasteiger partial charge in [-0.25, -0.2) is 25.3 Å². The first kappa shape index (κ1) is 31.0. The van der Waals surface area contributed by atoms with Crippen LogP contribution in [0.15, 0.2) is 0 Å². The van der Waals surface area contributed by atoms with Gasteiger partial charge >= 0.3 is 46.9 Å². The van der Waals surface area contributed by atoms with Crippen LogP contribution in [-0.4, -0.2) is 58.7 Å². The summed E-state index contributed by atoms with van der Waals surface area (Å²) in [7, 11) is -13.3. The molecule has 0 aromatic rings. The molecule has 12 nitrogen and oxygen atoms in total. The Balaban J connectivity index is -0.000000108. The van der Waals surface area contributed by atoms with Crippen molar-refractivity contribution in [3.63, 3.8) is 0 Å². The molecule has 0 aliphatic rings. The van der Waals surface area contributed by atoms with E-state index in [0.29, 0.717) is 0 Å². The van der Waals surface area contributed by atoms with Gasteiger partial charge in [0.25, 0.3) is 0 Å². The third kappa shape index (κ3) is 49.7. The topological polar surface area (TPSA) is 199 Å². The zero-order chi connectivity index (χ0) is 17.7. The van der Waals surface area contributed by atoms with Gasteiger partial charge in [-0.15, -0.1) is 0 Å². The SMILES string of the molecule is CCOS(=O)(=O)[O-].CCOS(=O)(=O)[O-].CCOS(=O)(=O)[O-].[Yb+3]. The van der Waals surface area contributed by atoms with E-state index < -0.39 is 31.2 Å². The predicted octanol–water partition coefficient (Wildman–Crippen LogP) is -1.55. The van der Waals surface area contributed by atoms with Crippen molar-refractivity contribution in [3.05, 3.63) is 0 Å². The third-order valence-corrected chi connectivity index (χ3v) is 2.36. The third-order valence-electron chi connectivity index (χ3n) is 0.787. The average molecular weight is 548 g/mol. The standard InChI is InChI=1S/3C2H6O4S.Yb/c3*1-2-6-7(3,4)5;/h3*2H2,1H3,(H,3,4,5);/q;;;+3/p-3. The number of hydrogen-bond acceptors (Lipinski definition) is 12. The van der Waals surface area contributed by atoms with Gasteiger partial charge in [0.15, 0.2) is 0 Å². The van der Waals surface area contributed by atoms with Crippen LogP contribution in [0.25, 0.3) is 0 Å². The molecular formula is C6H15O12S3Yb. The van der Waals surface area contributed by atoms with E-state index in [2.05, 4.69) is 12.5 Å². The van der Waals surface area contributed by atoms with Crippen LogP contribution in [0, 0.1) is 46.9 Å². The van der Waals surface area contributed by atoms with Gasteiger partial charge in [-0.2, -0.15) is 0 Å². The van der Waals surface area contributed by atoms with Crippen LogP contribution in [-0.2, 0) is 43.7 Å². The molecule has 0 amide bonds. The molecule has 0 atom stereocenters. The van der Waals surface area contributed by atoms with Crippen LogP contribution >= 0.6 is 0 Å². The zero-order valence-electron chi connectivity index (χ0n) is 11.5. The summed E-state index contributed by atoms with van der Waals surface area (Å²) in [6.45, 7) is 4.00. The summed E-state index contributed by atoms with van der Waals surface area (Å²) in [6, 6.07) is 0. The van der Waals surface area contributed by atoms with Crippen molar-refractivity contribution in [1.29, 1.82) is 0 Å². The summed E-state index contributed by atoms with van der Waals surface area (Å²) in [5.41, 5.74) is 0. The summed E-state index contributed by atoms with van der Waals surface area (Å²) in [6.07, 6.45) is 0. The molecule has 22 heavy (non-hydrogen) atoms. The monoisotopic (exact) mass is 549 g/mol. The Morgan fingerprint density at radius 3 is 0.727 bits per heavy atom. The van der Waals surface area contributed by atoms with E-state index in [1.54, 1.807) is 0 Å². The second kappa shape index (κ2) is 15.6. The Kier molecular flexibility index (Phi) is 22.0. The molecule has 0 spiro atoms. The first-order chi connectivity index (χ1) is 9.18. The molecule has 0 saturated heterocycles. The first-order valence-corrected chi connectivity index (χ1v) is 8.99. The van der Waals surface area contributed by atoms with E-state index in [9.17, 15) is 38.9 Å². The minimum absolute atomic E-state index is 0. The van der Waals surface area contributed by atoms with E-state index in [1.165, 1.54) is 20.8 Å². The number of rotatable bonds is 6. The molecule has 143 valence electrons. The van der Waals surface area contributed by atoms with E-state index >= 15 is 0 Å². The van der Waals surface area contributed by atoms with Gasteiger partial charge in [0.1, 0.15) is 0 Å². The van der Waals surface area contributed by atoms with Gasteiger partial charge in [-0.1, -0.05) is 0 Å². The molecule has 0 bridgehead atoms. The Morgan fingerprint density at radius 2 is 0.727 bits per heavy atom. The molecule has 0 aromatic heterocycles. The molecule has 0 aliphatic heterocycles. The molecule has 0 heterocycles. The van der Waals surface area contributed by atoms with Gasteiger partial charge < -0.3 is 13.7 Å². The molecule has 0 unspecified atom stereocenters. The van der Waals surface area contributed by atoms with Gasteiger partial charge in [0.2, 0.25) is 31.2 Å². The Hall–Kier alpha value is 1.13. The Labute approximate surface area is 168 Å². The van der Waals surface area contributed by atoms with Crippen molar-refractivity contribution in [2.75, 3.05) is 19.8 Å². The zero-order valence-corrected chi connectivity index (χ0v) is 15.7. The summed E-state index contributed by atoms with van der Waals surface area (Å²) in [5, 5.41) is 0. The van der Waals surface area contributed by atoms with Crippen LogP contribution < -0.4 is 0 Å². The van der Waals surface area contributed by atoms with E-state index in [0.717, 1.165) is 0 Å². The first-order valence-electron chi connectivity index (χ1n) is 4.99. The molecule has 16 heteroatoms. The van der Waals surface area contributed by atoms with Crippen molar-refractivity contribution < 1.29 is 98.4 Å². The smallest absolute Gasteiger partial charge is 0.726 e. The minimum Gasteiger partial charge on any atom is -0.726 e. The molecular weight excluding hydrogens is 533 g/mol. The predicted molar refractivity (Wildman–Crippen MR) is 64.0 cm³/mol. The fourth-order valence-electron chi connectivity index (χ4n) is 0.433. The minimum atomic E-state index is -4.42. The normalized spacial score (nSPS) is 11.2. The maximum Gasteiger partial charge on any atom is 3.00 e. The van der Waals surface area contributed by atoms with Crippen molar-refractivity contribution in [2.45, 2.75) is 20.8 Å². The van der Waals surface area contributed by atoms with Crippen LogP contribution in [0.2, 0.25) is 0 Å². The summed E-state index contributed by atoms with van der Waals surface area (Å²) < 4.78 is 96.0. The Morgan fingerprint density at radius 1 is 0.591 bits per heavy atom. The fraction of sp³-hybridized carbons (Fsp3) is 1.00. The molecule has 0 aromatic carbocycles. The van der Waals surface area contributed by atoms with Crippen molar-refractivity contribution in [3.8, 4) is 0 Å². The van der Waals surface area contributed by atoms with E-state index in [4.69, 9.17) is 0 Å². The van der Waals surface area contributed by atoms with Gasteiger partial charge in [-0.05, 0) is 20.8 Å². The van der Waals surface area contributed by atoms with Crippen LogP contribution in [0.5, 0.6) is 0 Å². The van der Waals surface area contributed by atoms with Crippen molar-refractivity contribution in [2.24, 2.45) is 0 Å².